The van der Waals surface area contributed by atoms with Gasteiger partial charge in [0.05, 0.1) is 24.6 Å². The molecule has 2 aromatic heterocycles. The maximum Gasteiger partial charge on any atom is 0.330 e. The van der Waals surface area contributed by atoms with Crippen LogP contribution < -0.4 is 5.69 Å². The fourth-order valence-corrected chi connectivity index (χ4v) is 5.63. The van der Waals surface area contributed by atoms with Crippen molar-refractivity contribution < 1.29 is 22.4 Å². The normalized spacial score (nSPS) is 24.9. The molecule has 34 heavy (non-hydrogen) atoms. The van der Waals surface area contributed by atoms with Gasteiger partial charge in [-0.25, -0.2) is 18.6 Å². The van der Waals surface area contributed by atoms with E-state index in [4.69, 9.17) is 4.98 Å². The van der Waals surface area contributed by atoms with E-state index in [1.165, 1.54) is 9.13 Å². The van der Waals surface area contributed by atoms with Crippen molar-refractivity contribution in [1.29, 1.82) is 0 Å². The molecule has 3 atom stereocenters. The Balaban J connectivity index is 1.32. The number of alkyl halides is 4. The minimum Gasteiger partial charge on any atom is -0.342 e. The van der Waals surface area contributed by atoms with Crippen molar-refractivity contribution in [2.75, 3.05) is 26.4 Å². The molecular weight excluding hydrogens is 452 g/mol. The summed E-state index contributed by atoms with van der Waals surface area (Å²) < 4.78 is 55.1. The van der Waals surface area contributed by atoms with Crippen LogP contribution in [0, 0.1) is 23.7 Å². The second-order valence-corrected chi connectivity index (χ2v) is 10.0. The fourth-order valence-electron chi connectivity index (χ4n) is 5.63. The number of likely N-dealkylation sites (tertiary alicyclic amines) is 1. The van der Waals surface area contributed by atoms with Gasteiger partial charge in [-0.05, 0) is 42.4 Å². The molecule has 2 aromatic rings. The van der Waals surface area contributed by atoms with Gasteiger partial charge in [-0.15, -0.1) is 0 Å². The lowest BCUT2D eigenvalue weighted by atomic mass is 9.80. The Morgan fingerprint density at radius 3 is 2.65 bits per heavy atom. The Bertz CT molecular complexity index is 1200. The Hall–Kier alpha value is -2.65. The summed E-state index contributed by atoms with van der Waals surface area (Å²) in [5.41, 5.74) is 2.54. The number of carbonyl (C=O) groups is 1. The third-order valence-electron chi connectivity index (χ3n) is 7.63. The fraction of sp³-hybridized carbons (Fsp3) is 0.625. The number of amides is 1. The molecule has 0 aromatic carbocycles. The number of fused-ring (bicyclic) bond motifs is 2. The van der Waals surface area contributed by atoms with Crippen molar-refractivity contribution in [2.45, 2.75) is 38.2 Å². The Morgan fingerprint density at radius 2 is 2.00 bits per heavy atom. The second kappa shape index (κ2) is 8.53. The van der Waals surface area contributed by atoms with Crippen LogP contribution in [0.3, 0.4) is 0 Å². The van der Waals surface area contributed by atoms with Crippen LogP contribution in [0.4, 0.5) is 17.6 Å². The van der Waals surface area contributed by atoms with Gasteiger partial charge in [0.25, 0.3) is 0 Å². The Kier molecular flexibility index (Phi) is 5.80. The van der Waals surface area contributed by atoms with Crippen LogP contribution in [-0.2, 0) is 18.4 Å². The van der Waals surface area contributed by atoms with Gasteiger partial charge in [-0.2, -0.15) is 0 Å². The maximum absolute atomic E-state index is 13.3. The number of allylic oxidation sites excluding steroid dienone is 1. The lowest BCUT2D eigenvalue weighted by molar-refractivity contribution is -0.159. The van der Waals surface area contributed by atoms with Gasteiger partial charge in [0.15, 0.2) is 5.65 Å². The molecule has 6 nitrogen and oxygen atoms in total. The molecule has 1 amide bonds. The summed E-state index contributed by atoms with van der Waals surface area (Å²) in [6.07, 6.45) is 2.20. The summed E-state index contributed by atoms with van der Waals surface area (Å²) in [6.45, 7) is -0.145. The highest BCUT2D eigenvalue weighted by Crippen LogP contribution is 2.46. The Labute approximate surface area is 194 Å². The number of rotatable bonds is 7. The third kappa shape index (κ3) is 3.94. The first kappa shape index (κ1) is 23.1. The molecule has 0 N–H and O–H groups in total. The van der Waals surface area contributed by atoms with Crippen molar-refractivity contribution in [3.8, 4) is 0 Å². The molecule has 1 saturated heterocycles. The van der Waals surface area contributed by atoms with E-state index < -0.39 is 31.1 Å². The Morgan fingerprint density at radius 1 is 1.24 bits per heavy atom. The van der Waals surface area contributed by atoms with Crippen LogP contribution in [0.2, 0.25) is 0 Å². The van der Waals surface area contributed by atoms with Gasteiger partial charge in [0.2, 0.25) is 11.8 Å². The van der Waals surface area contributed by atoms with Gasteiger partial charge >= 0.3 is 5.69 Å². The van der Waals surface area contributed by atoms with E-state index in [0.29, 0.717) is 24.3 Å². The summed E-state index contributed by atoms with van der Waals surface area (Å²) in [5, 5.41) is 0. The molecule has 0 radical (unpaired) electrons. The SMILES string of the molecule is Cn1c(=O)n(CC(CF)CCF)c2ccc(C3=CC4CN(C(=O)C5CC(F)(F)C5)CC4C3)nc21. The van der Waals surface area contributed by atoms with Crippen molar-refractivity contribution in [3.63, 3.8) is 0 Å². The zero-order valence-corrected chi connectivity index (χ0v) is 19.0. The number of hydrogen-bond acceptors (Lipinski definition) is 3. The van der Waals surface area contributed by atoms with E-state index >= 15 is 0 Å². The zero-order chi connectivity index (χ0) is 24.2. The van der Waals surface area contributed by atoms with Gasteiger partial charge in [0, 0.05) is 51.4 Å². The van der Waals surface area contributed by atoms with Crippen molar-refractivity contribution in [1.82, 2.24) is 19.0 Å². The monoisotopic (exact) mass is 480 g/mol. The van der Waals surface area contributed by atoms with Gasteiger partial charge in [0.1, 0.15) is 0 Å². The highest BCUT2D eigenvalue weighted by molar-refractivity contribution is 5.81. The molecular formula is C24H28F4N4O2. The summed E-state index contributed by atoms with van der Waals surface area (Å²) in [5.74, 6) is -3.60. The molecule has 2 aliphatic carbocycles. The molecule has 184 valence electrons. The zero-order valence-electron chi connectivity index (χ0n) is 19.0. The van der Waals surface area contributed by atoms with E-state index in [-0.39, 0.29) is 49.2 Å². The number of pyridine rings is 1. The minimum absolute atomic E-state index is 0.0587. The van der Waals surface area contributed by atoms with Crippen LogP contribution in [0.5, 0.6) is 0 Å². The molecule has 2 fully saturated rings. The van der Waals surface area contributed by atoms with Gasteiger partial charge < -0.3 is 4.90 Å². The van der Waals surface area contributed by atoms with E-state index in [2.05, 4.69) is 6.08 Å². The van der Waals surface area contributed by atoms with Crippen molar-refractivity contribution in [2.24, 2.45) is 30.7 Å². The number of imidazole rings is 1. The number of halogens is 4. The van der Waals surface area contributed by atoms with E-state index in [1.807, 2.05) is 6.07 Å². The largest absolute Gasteiger partial charge is 0.342 e. The average molecular weight is 481 g/mol. The van der Waals surface area contributed by atoms with Crippen LogP contribution in [0.15, 0.2) is 23.0 Å². The minimum atomic E-state index is -2.70. The smallest absolute Gasteiger partial charge is 0.330 e. The van der Waals surface area contributed by atoms with E-state index in [9.17, 15) is 27.2 Å². The van der Waals surface area contributed by atoms with Crippen LogP contribution in [0.1, 0.15) is 31.4 Å². The number of carbonyl (C=O) groups excluding carboxylic acids is 1. The van der Waals surface area contributed by atoms with Crippen LogP contribution >= 0.6 is 0 Å². The summed E-state index contributed by atoms with van der Waals surface area (Å²) >= 11 is 0. The lowest BCUT2D eigenvalue weighted by Gasteiger charge is -2.36. The highest BCUT2D eigenvalue weighted by atomic mass is 19.3. The molecule has 1 aliphatic heterocycles. The molecule has 3 unspecified atom stereocenters. The molecule has 10 heteroatoms. The van der Waals surface area contributed by atoms with E-state index in [0.717, 1.165) is 17.7 Å². The molecule has 1 saturated carbocycles. The lowest BCUT2D eigenvalue weighted by Crippen LogP contribution is -2.46. The summed E-state index contributed by atoms with van der Waals surface area (Å²) in [6, 6.07) is 3.63. The highest BCUT2D eigenvalue weighted by Gasteiger charge is 2.51. The molecule has 0 bridgehead atoms. The number of aryl methyl sites for hydroxylation is 1. The first-order valence-electron chi connectivity index (χ1n) is 11.8. The first-order valence-corrected chi connectivity index (χ1v) is 11.8. The number of aromatic nitrogens is 3. The van der Waals surface area contributed by atoms with Crippen molar-refractivity contribution >= 4 is 22.6 Å². The molecule has 5 rings (SSSR count). The third-order valence-corrected chi connectivity index (χ3v) is 7.63. The number of hydrogen-bond donors (Lipinski definition) is 0. The van der Waals surface area contributed by atoms with Crippen LogP contribution in [0.25, 0.3) is 16.7 Å². The number of nitrogens with zero attached hydrogens (tertiary/aromatic N) is 4. The predicted octanol–water partition coefficient (Wildman–Crippen LogP) is 3.59. The first-order chi connectivity index (χ1) is 16.2. The topological polar surface area (TPSA) is 60.1 Å². The van der Waals surface area contributed by atoms with Crippen molar-refractivity contribution in [3.05, 3.63) is 34.4 Å². The standard InChI is InChI=1S/C24H28F4N4O2/c1-30-21-20(32(23(30)34)11-14(10-26)4-5-25)3-2-19(29-21)15-6-16-12-31(13-17(16)7-15)22(33)18-8-24(27,28)9-18/h2-3,6,14,16-18H,4-5,7-13H2,1H3. The molecule has 3 heterocycles. The quantitative estimate of drug-likeness (QED) is 0.570. The summed E-state index contributed by atoms with van der Waals surface area (Å²) in [7, 11) is 1.61. The average Bonchev–Trinajstić information content (AvgIpc) is 3.43. The predicted molar refractivity (Wildman–Crippen MR) is 119 cm³/mol. The molecule has 3 aliphatic rings. The van der Waals surface area contributed by atoms with Crippen LogP contribution in [-0.4, -0.2) is 57.3 Å². The van der Waals surface area contributed by atoms with Gasteiger partial charge in [-0.1, -0.05) is 6.08 Å². The summed E-state index contributed by atoms with van der Waals surface area (Å²) in [4.78, 5) is 31.7. The molecule has 0 spiro atoms. The second-order valence-electron chi connectivity index (χ2n) is 10.0. The van der Waals surface area contributed by atoms with E-state index in [1.54, 1.807) is 18.0 Å². The maximum atomic E-state index is 13.3. The van der Waals surface area contributed by atoms with Gasteiger partial charge in [-0.3, -0.25) is 22.7 Å².